The molecule has 0 heterocycles. The Kier molecular flexibility index (Phi) is 46.6. The molecule has 0 aromatic heterocycles. The minimum Gasteiger partial charge on any atom is -0.393 e. The molecule has 1 fully saturated rings. The quantitative estimate of drug-likeness (QED) is 0.0531. The van der Waals surface area contributed by atoms with Crippen LogP contribution >= 0.6 is 0 Å². The Labute approximate surface area is 413 Å². The first-order chi connectivity index (χ1) is 32.4. The summed E-state index contributed by atoms with van der Waals surface area (Å²) in [7, 11) is 0. The molecular weight excluding hydrogens is 811 g/mol. The fourth-order valence-electron chi connectivity index (χ4n) is 10.7. The molecule has 6 nitrogen and oxygen atoms in total. The Bertz CT molecular complexity index is 911. The van der Waals surface area contributed by atoms with E-state index in [0.717, 1.165) is 77.0 Å². The Morgan fingerprint density at radius 2 is 0.636 bits per heavy atom. The molecule has 0 aliphatic heterocycles. The molecule has 0 saturated heterocycles. The van der Waals surface area contributed by atoms with Gasteiger partial charge in [0.25, 0.3) is 0 Å². The number of carbonyl (C=O) groups excluding carboxylic acids is 2. The number of amides is 2. The maximum absolute atomic E-state index is 13.1. The van der Waals surface area contributed by atoms with E-state index in [1.54, 1.807) is 0 Å². The van der Waals surface area contributed by atoms with Crippen molar-refractivity contribution in [2.45, 2.75) is 360 Å². The van der Waals surface area contributed by atoms with Crippen LogP contribution < -0.4 is 10.6 Å². The van der Waals surface area contributed by atoms with Crippen molar-refractivity contribution in [2.24, 2.45) is 0 Å². The molecule has 2 amide bonds. The molecule has 1 aliphatic carbocycles. The standard InChI is InChI=1S/C60H119N3O3/c1-5-9-13-17-21-27-35-43-55(44-36-28-22-18-14-10-6-2)61-59(65)47-39-31-25-33-41-53-63(57-49-51-58(64)52-50-57)54-42-34-26-32-40-48-60(66)62-56(45-37-29-23-19-15-11-7-3)46-38-30-24-20-16-12-8-4/h55-58,64H,5-54H2,1-4H3,(H,61,65)(H,62,66). The summed E-state index contributed by atoms with van der Waals surface area (Å²) in [5, 5.41) is 17.2. The zero-order valence-corrected chi connectivity index (χ0v) is 45.4. The largest absolute Gasteiger partial charge is 0.393 e. The molecule has 0 aromatic carbocycles. The first-order valence-corrected chi connectivity index (χ1v) is 30.4. The average molecular weight is 931 g/mol. The highest BCUT2D eigenvalue weighted by molar-refractivity contribution is 5.76. The second-order valence-electron chi connectivity index (χ2n) is 21.7. The number of nitrogens with zero attached hydrogens (tertiary/aromatic N) is 1. The molecule has 0 bridgehead atoms. The van der Waals surface area contributed by atoms with Crippen molar-refractivity contribution in [3.63, 3.8) is 0 Å². The molecule has 0 radical (unpaired) electrons. The number of aliphatic hydroxyl groups excluding tert-OH is 1. The smallest absolute Gasteiger partial charge is 0.220 e. The van der Waals surface area contributed by atoms with Gasteiger partial charge in [-0.2, -0.15) is 0 Å². The van der Waals surface area contributed by atoms with Gasteiger partial charge >= 0.3 is 0 Å². The predicted molar refractivity (Wildman–Crippen MR) is 290 cm³/mol. The molecule has 0 atom stereocenters. The lowest BCUT2D eigenvalue weighted by molar-refractivity contribution is -0.122. The Balaban J connectivity index is 2.38. The van der Waals surface area contributed by atoms with Gasteiger partial charge in [0.1, 0.15) is 0 Å². The maximum Gasteiger partial charge on any atom is 0.220 e. The molecule has 1 saturated carbocycles. The highest BCUT2D eigenvalue weighted by Gasteiger charge is 2.24. The van der Waals surface area contributed by atoms with Gasteiger partial charge in [0.2, 0.25) is 11.8 Å². The molecule has 0 unspecified atom stereocenters. The molecule has 3 N–H and O–H groups in total. The van der Waals surface area contributed by atoms with Gasteiger partial charge in [0, 0.05) is 31.0 Å². The Morgan fingerprint density at radius 3 is 0.939 bits per heavy atom. The van der Waals surface area contributed by atoms with E-state index in [2.05, 4.69) is 43.2 Å². The zero-order chi connectivity index (χ0) is 47.8. The minimum absolute atomic E-state index is 0.107. The topological polar surface area (TPSA) is 81.7 Å². The summed E-state index contributed by atoms with van der Waals surface area (Å²) in [5.74, 6) is 0.577. The fourth-order valence-corrected chi connectivity index (χ4v) is 10.7. The number of unbranched alkanes of at least 4 members (excludes halogenated alkanes) is 32. The Morgan fingerprint density at radius 1 is 0.379 bits per heavy atom. The van der Waals surface area contributed by atoms with Gasteiger partial charge in [-0.15, -0.1) is 0 Å². The minimum atomic E-state index is -0.107. The van der Waals surface area contributed by atoms with Crippen LogP contribution in [0, 0.1) is 0 Å². The summed E-state index contributed by atoms with van der Waals surface area (Å²) < 4.78 is 0. The van der Waals surface area contributed by atoms with Crippen molar-refractivity contribution in [1.29, 1.82) is 0 Å². The summed E-state index contributed by atoms with van der Waals surface area (Å²) >= 11 is 0. The van der Waals surface area contributed by atoms with Gasteiger partial charge < -0.3 is 20.6 Å². The van der Waals surface area contributed by atoms with E-state index >= 15 is 0 Å². The summed E-state index contributed by atoms with van der Waals surface area (Å²) in [6, 6.07) is 1.35. The third kappa shape index (κ3) is 40.7. The van der Waals surface area contributed by atoms with Crippen molar-refractivity contribution in [3.05, 3.63) is 0 Å². The Hall–Kier alpha value is -1.14. The van der Waals surface area contributed by atoms with Gasteiger partial charge in [-0.05, 0) is 90.1 Å². The maximum atomic E-state index is 13.1. The van der Waals surface area contributed by atoms with E-state index in [1.807, 2.05) is 0 Å². The van der Waals surface area contributed by atoms with E-state index in [4.69, 9.17) is 0 Å². The second kappa shape index (κ2) is 48.9. The first-order valence-electron chi connectivity index (χ1n) is 30.4. The van der Waals surface area contributed by atoms with Gasteiger partial charge in [0.05, 0.1) is 6.10 Å². The van der Waals surface area contributed by atoms with Crippen molar-refractivity contribution < 1.29 is 14.7 Å². The number of nitrogens with one attached hydrogen (secondary N) is 2. The van der Waals surface area contributed by atoms with Crippen LogP contribution in [0.25, 0.3) is 0 Å². The molecule has 0 aromatic rings. The van der Waals surface area contributed by atoms with Crippen molar-refractivity contribution in [3.8, 4) is 0 Å². The molecule has 0 spiro atoms. The third-order valence-electron chi connectivity index (χ3n) is 15.2. The number of aliphatic hydroxyl groups is 1. The SMILES string of the molecule is CCCCCCCCCC(CCCCCCCCC)NC(=O)CCCCCCCN(CCCCCCCC(=O)NC(CCCCCCCCC)CCCCCCCCC)C1CCC(O)CC1. The summed E-state index contributed by atoms with van der Waals surface area (Å²) in [6.45, 7) is 11.5. The number of hydrogen-bond donors (Lipinski definition) is 3. The van der Waals surface area contributed by atoms with Gasteiger partial charge in [0.15, 0.2) is 0 Å². The van der Waals surface area contributed by atoms with E-state index in [9.17, 15) is 14.7 Å². The van der Waals surface area contributed by atoms with E-state index in [-0.39, 0.29) is 17.9 Å². The van der Waals surface area contributed by atoms with Crippen LogP contribution in [0.3, 0.4) is 0 Å². The second-order valence-corrected chi connectivity index (χ2v) is 21.7. The fraction of sp³-hybridized carbons (Fsp3) is 0.967. The monoisotopic (exact) mass is 930 g/mol. The first kappa shape index (κ1) is 62.9. The summed E-state index contributed by atoms with van der Waals surface area (Å²) in [6.07, 6.45) is 59.1. The van der Waals surface area contributed by atoms with Crippen LogP contribution in [-0.4, -0.2) is 59.1 Å². The average Bonchev–Trinajstić information content (AvgIpc) is 3.31. The van der Waals surface area contributed by atoms with Gasteiger partial charge in [-0.25, -0.2) is 0 Å². The molecule has 66 heavy (non-hydrogen) atoms. The van der Waals surface area contributed by atoms with E-state index in [1.165, 1.54) is 231 Å². The van der Waals surface area contributed by atoms with Gasteiger partial charge in [-0.1, -0.05) is 246 Å². The lowest BCUT2D eigenvalue weighted by Gasteiger charge is -2.36. The van der Waals surface area contributed by atoms with Crippen LogP contribution in [0.2, 0.25) is 0 Å². The van der Waals surface area contributed by atoms with Crippen LogP contribution in [0.4, 0.5) is 0 Å². The highest BCUT2D eigenvalue weighted by Crippen LogP contribution is 2.25. The van der Waals surface area contributed by atoms with Crippen LogP contribution in [0.15, 0.2) is 0 Å². The van der Waals surface area contributed by atoms with Crippen molar-refractivity contribution in [2.75, 3.05) is 13.1 Å². The van der Waals surface area contributed by atoms with Gasteiger partial charge in [-0.3, -0.25) is 9.59 Å². The molecule has 392 valence electrons. The zero-order valence-electron chi connectivity index (χ0n) is 45.4. The summed E-state index contributed by atoms with van der Waals surface area (Å²) in [5.41, 5.74) is 0. The van der Waals surface area contributed by atoms with Crippen LogP contribution in [0.5, 0.6) is 0 Å². The number of carbonyl (C=O) groups is 2. The molecular formula is C60H119N3O3. The highest BCUT2D eigenvalue weighted by atomic mass is 16.3. The molecule has 1 rings (SSSR count). The van der Waals surface area contributed by atoms with Crippen LogP contribution in [-0.2, 0) is 9.59 Å². The van der Waals surface area contributed by atoms with Crippen molar-refractivity contribution in [1.82, 2.24) is 15.5 Å². The lowest BCUT2D eigenvalue weighted by atomic mass is 9.91. The van der Waals surface area contributed by atoms with Crippen LogP contribution in [0.1, 0.15) is 336 Å². The number of rotatable bonds is 51. The predicted octanol–water partition coefficient (Wildman–Crippen LogP) is 17.8. The van der Waals surface area contributed by atoms with E-state index < -0.39 is 0 Å². The lowest BCUT2D eigenvalue weighted by Crippen LogP contribution is -2.40. The normalized spacial score (nSPS) is 15.4. The summed E-state index contributed by atoms with van der Waals surface area (Å²) in [4.78, 5) is 28.9. The van der Waals surface area contributed by atoms with Crippen molar-refractivity contribution >= 4 is 11.8 Å². The molecule has 1 aliphatic rings. The molecule has 6 heteroatoms. The van der Waals surface area contributed by atoms with E-state index in [0.29, 0.717) is 31.0 Å². The number of hydrogen-bond acceptors (Lipinski definition) is 4. The third-order valence-corrected chi connectivity index (χ3v) is 15.2.